The van der Waals surface area contributed by atoms with Crippen LogP contribution in [-0.4, -0.2) is 84.4 Å². The van der Waals surface area contributed by atoms with Crippen molar-refractivity contribution in [1.29, 1.82) is 0 Å². The van der Waals surface area contributed by atoms with E-state index >= 15 is 0 Å². The van der Waals surface area contributed by atoms with Gasteiger partial charge in [0.1, 0.15) is 22.9 Å². The summed E-state index contributed by atoms with van der Waals surface area (Å²) in [6, 6.07) is 5.21. The first-order valence-corrected chi connectivity index (χ1v) is 19.6. The molecule has 2 unspecified atom stereocenters. The van der Waals surface area contributed by atoms with Crippen molar-refractivity contribution in [3.63, 3.8) is 0 Å². The fraction of sp³-hybridized carbons (Fsp3) is 0.276. The Labute approximate surface area is 337 Å². The van der Waals surface area contributed by atoms with Gasteiger partial charge in [0, 0.05) is 39.3 Å². The zero-order chi connectivity index (χ0) is 40.2. The van der Waals surface area contributed by atoms with E-state index in [1.807, 2.05) is 0 Å². The molecule has 56 heavy (non-hydrogen) atoms. The van der Waals surface area contributed by atoms with Gasteiger partial charge >= 0.3 is 16.4 Å². The van der Waals surface area contributed by atoms with Gasteiger partial charge in [-0.15, -0.1) is 8.67 Å². The number of methoxy groups -OCH3 is 1. The van der Waals surface area contributed by atoms with Crippen LogP contribution in [0.1, 0.15) is 19.3 Å². The molecule has 22 nitrogen and oxygen atoms in total. The van der Waals surface area contributed by atoms with Crippen molar-refractivity contribution >= 4 is 79.1 Å². The third-order valence-electron chi connectivity index (χ3n) is 7.34. The van der Waals surface area contributed by atoms with Crippen molar-refractivity contribution in [3.8, 4) is 11.5 Å². The summed E-state index contributed by atoms with van der Waals surface area (Å²) in [5.41, 5.74) is 2.36. The topological polar surface area (TPSA) is 323 Å². The van der Waals surface area contributed by atoms with Gasteiger partial charge in [-0.1, -0.05) is 22.2 Å². The number of carbonyl (C=O) groups is 1. The number of amides is 2. The molecule has 0 aliphatic heterocycles. The molecular weight excluding hydrogens is 882 g/mol. The number of aromatic hydroxyl groups is 1. The molecule has 2 aromatic rings. The summed E-state index contributed by atoms with van der Waals surface area (Å²) in [6.07, 6.45) is 7.15. The summed E-state index contributed by atoms with van der Waals surface area (Å²) >= 11 is 1.19. The predicted molar refractivity (Wildman–Crippen MR) is 195 cm³/mol. The normalized spacial score (nSPS) is 18.1. The van der Waals surface area contributed by atoms with Crippen molar-refractivity contribution in [2.75, 3.05) is 31.0 Å². The van der Waals surface area contributed by atoms with E-state index in [4.69, 9.17) is 19.8 Å². The number of hydrogen-bond donors (Lipinski definition) is 9. The van der Waals surface area contributed by atoms with Gasteiger partial charge in [-0.25, -0.2) is 24.5 Å². The number of hydrogen-bond acceptors (Lipinski definition) is 20. The number of anilines is 2. The first-order chi connectivity index (χ1) is 26.1. The number of urea groups is 1. The van der Waals surface area contributed by atoms with Crippen LogP contribution < -0.4 is 20.8 Å². The van der Waals surface area contributed by atoms with Crippen molar-refractivity contribution < 1.29 is 96.2 Å². The van der Waals surface area contributed by atoms with Gasteiger partial charge in [0.15, 0.2) is 5.75 Å². The van der Waals surface area contributed by atoms with E-state index in [0.717, 1.165) is 12.1 Å². The Morgan fingerprint density at radius 2 is 1.68 bits per heavy atom. The van der Waals surface area contributed by atoms with Crippen LogP contribution in [0.2, 0.25) is 0 Å². The minimum atomic E-state index is -4.89. The second-order valence-electron chi connectivity index (χ2n) is 11.0. The number of aliphatic hydroxyl groups is 1. The second-order valence-corrected chi connectivity index (χ2v) is 15.0. The first-order valence-electron chi connectivity index (χ1n) is 15.4. The van der Waals surface area contributed by atoms with E-state index in [0.29, 0.717) is 46.7 Å². The number of benzene rings is 2. The van der Waals surface area contributed by atoms with E-state index < -0.39 is 43.3 Å². The number of hydrazone groups is 1. The number of allylic oxidation sites excluding steroid dienone is 5. The minimum absolute atomic E-state index is 0. The van der Waals surface area contributed by atoms with Crippen LogP contribution in [0.4, 0.5) is 21.9 Å². The van der Waals surface area contributed by atoms with Crippen molar-refractivity contribution in [2.24, 2.45) is 21.9 Å². The fourth-order valence-corrected chi connectivity index (χ4v) is 6.81. The Bertz CT molecular complexity index is 2100. The summed E-state index contributed by atoms with van der Waals surface area (Å²) in [6.45, 7) is -0.165. The Hall–Kier alpha value is -3.77. The van der Waals surface area contributed by atoms with Crippen LogP contribution in [0.25, 0.3) is 0 Å². The average molecular weight is 915 g/mol. The van der Waals surface area contributed by atoms with Crippen molar-refractivity contribution in [2.45, 2.75) is 29.1 Å². The quantitative estimate of drug-likeness (QED) is 0.0225. The molecule has 1 radical (unpaired) electrons. The van der Waals surface area contributed by atoms with Gasteiger partial charge in [0.05, 0.1) is 65.7 Å². The van der Waals surface area contributed by atoms with E-state index in [9.17, 15) is 36.4 Å². The molecule has 0 fully saturated rings. The van der Waals surface area contributed by atoms with Gasteiger partial charge in [-0.3, -0.25) is 14.5 Å². The number of phenolic OH excluding ortho intramolecular Hbond substituents is 1. The third-order valence-corrected chi connectivity index (χ3v) is 9.79. The van der Waals surface area contributed by atoms with Crippen LogP contribution in [0.3, 0.4) is 0 Å². The number of unbranched alkanes of at least 4 members (excludes halogenated alkanes) is 2. The Balaban J connectivity index is 0.00000841. The molecule has 311 valence electrons. The molecule has 27 heteroatoms. The van der Waals surface area contributed by atoms with E-state index in [2.05, 4.69) is 49.1 Å². The summed E-state index contributed by atoms with van der Waals surface area (Å²) in [7, 11) is -8.24. The number of phenols is 1. The van der Waals surface area contributed by atoms with Crippen LogP contribution in [0.5, 0.6) is 11.5 Å². The number of nitrogens with one attached hydrogen (secondary N) is 3. The summed E-state index contributed by atoms with van der Waals surface area (Å²) in [5, 5.41) is 55.6. The van der Waals surface area contributed by atoms with Crippen LogP contribution >= 0.6 is 24.1 Å². The number of ether oxygens (including phenoxy) is 1. The monoisotopic (exact) mass is 914 g/mol. The molecule has 4 rings (SSSR count). The number of rotatable bonds is 19. The number of nitrogens with zero attached hydrogens (tertiary/aromatic N) is 2. The molecule has 2 amide bonds. The van der Waals surface area contributed by atoms with Gasteiger partial charge in [0.25, 0.3) is 10.1 Å². The SMILES string of the molecule is COc1c(NN=C2C(=Nc3cc(SOOO)ccc3O)C=CC3C=C(SOOO)C=C(O)C23)cc(S(=O)(=O)O)cc1NC(=O)NCCCCCOS(=O)(=O)O.[Cu]. The summed E-state index contributed by atoms with van der Waals surface area (Å²) in [4.78, 5) is 17.3. The summed E-state index contributed by atoms with van der Waals surface area (Å²) < 4.78 is 83.1. The van der Waals surface area contributed by atoms with Crippen LogP contribution in [0.15, 0.2) is 85.2 Å². The second kappa shape index (κ2) is 21.7. The number of aliphatic hydroxyl groups excluding tert-OH is 1. The Kier molecular flexibility index (Phi) is 18.0. The van der Waals surface area contributed by atoms with Crippen molar-refractivity contribution in [1.82, 2.24) is 5.32 Å². The Morgan fingerprint density at radius 3 is 2.36 bits per heavy atom. The largest absolute Gasteiger partial charge is 0.512 e. The molecule has 0 saturated heterocycles. The van der Waals surface area contributed by atoms with Crippen LogP contribution in [-0.2, 0) is 60.5 Å². The molecule has 0 spiro atoms. The maximum absolute atomic E-state index is 12.8. The van der Waals surface area contributed by atoms with Gasteiger partial charge in [0.2, 0.25) is 0 Å². The average Bonchev–Trinajstić information content (AvgIpc) is 3.12. The number of aliphatic imine (C=N–C) groups is 1. The molecule has 0 bridgehead atoms. The smallest absolute Gasteiger partial charge is 0.397 e. The summed E-state index contributed by atoms with van der Waals surface area (Å²) in [5.74, 6) is -2.26. The fourth-order valence-electron chi connectivity index (χ4n) is 5.06. The van der Waals surface area contributed by atoms with E-state index in [-0.39, 0.29) is 82.4 Å². The molecular formula is C29H33CuN5O17S4. The maximum atomic E-state index is 12.8. The van der Waals surface area contributed by atoms with Gasteiger partial charge < -0.3 is 25.6 Å². The molecule has 0 heterocycles. The molecule has 9 N–H and O–H groups in total. The third kappa shape index (κ3) is 13.7. The molecule has 0 aromatic heterocycles. The molecule has 0 saturated carbocycles. The first kappa shape index (κ1) is 46.6. The van der Waals surface area contributed by atoms with Crippen LogP contribution in [0, 0.1) is 11.8 Å². The minimum Gasteiger partial charge on any atom is -0.512 e. The zero-order valence-corrected chi connectivity index (χ0v) is 32.6. The maximum Gasteiger partial charge on any atom is 0.397 e. The zero-order valence-electron chi connectivity index (χ0n) is 28.4. The predicted octanol–water partition coefficient (Wildman–Crippen LogP) is 4.94. The van der Waals surface area contributed by atoms with Crippen molar-refractivity contribution in [3.05, 3.63) is 65.3 Å². The molecule has 2 atom stereocenters. The van der Waals surface area contributed by atoms with Gasteiger partial charge in [-0.2, -0.15) is 21.9 Å². The molecule has 2 aliphatic rings. The van der Waals surface area contributed by atoms with Gasteiger partial charge in [-0.05, 0) is 61.7 Å². The van der Waals surface area contributed by atoms with E-state index in [1.165, 1.54) is 37.5 Å². The molecule has 2 aliphatic carbocycles. The number of fused-ring (bicyclic) bond motifs is 1. The Morgan fingerprint density at radius 1 is 0.964 bits per heavy atom. The number of carbonyl (C=O) groups excluding carboxylic acids is 1. The standard InChI is InChI=1S/C29H33N5O17S4.Cu/c1-46-28-22(32-29(37)30-9-3-2-4-10-47-55(43,44)45)14-19(54(40,41)42)15-23(28)33-34-27-20(31-21-12-17(52-50-48-38)6-8-24(21)35)7-5-16-11-18(53-51-49-39)13-25(36)26(16)27;/h5-8,11-16,26,33,35-36,38-39H,2-4,9-10H2,1H3,(H2,30,32,37)(H,40,41,42)(H,43,44,45);. The van der Waals surface area contributed by atoms with E-state index in [1.54, 1.807) is 12.2 Å². The molecule has 2 aromatic carbocycles.